The first kappa shape index (κ1) is 19.8. The van der Waals surface area contributed by atoms with Crippen LogP contribution < -0.4 is 5.32 Å². The highest BCUT2D eigenvalue weighted by Gasteiger charge is 2.28. The smallest absolute Gasteiger partial charge is 0.338 e. The molecule has 0 aliphatic carbocycles. The van der Waals surface area contributed by atoms with Gasteiger partial charge in [-0.2, -0.15) is 4.98 Å². The summed E-state index contributed by atoms with van der Waals surface area (Å²) in [4.78, 5) is 40.8. The van der Waals surface area contributed by atoms with Crippen molar-refractivity contribution in [2.45, 2.75) is 13.2 Å². The average molecular weight is 471 g/mol. The maximum atomic E-state index is 12.3. The lowest BCUT2D eigenvalue weighted by Gasteiger charge is -2.12. The average Bonchev–Trinajstić information content (AvgIpc) is 3.35. The van der Waals surface area contributed by atoms with Gasteiger partial charge in [-0.05, 0) is 29.8 Å². The summed E-state index contributed by atoms with van der Waals surface area (Å²) in [6, 6.07) is 13.5. The minimum absolute atomic E-state index is 0.00216. The van der Waals surface area contributed by atoms with E-state index in [1.54, 1.807) is 24.3 Å². The molecule has 0 spiro atoms. The van der Waals surface area contributed by atoms with E-state index in [0.717, 1.165) is 14.9 Å². The van der Waals surface area contributed by atoms with Crippen molar-refractivity contribution in [1.29, 1.82) is 0 Å². The molecule has 0 atom stereocenters. The third kappa shape index (κ3) is 4.38. The van der Waals surface area contributed by atoms with Crippen molar-refractivity contribution in [3.63, 3.8) is 0 Å². The van der Waals surface area contributed by atoms with E-state index in [2.05, 4.69) is 31.4 Å². The van der Waals surface area contributed by atoms with E-state index >= 15 is 0 Å². The van der Waals surface area contributed by atoms with Gasteiger partial charge in [-0.1, -0.05) is 45.4 Å². The molecule has 152 valence electrons. The standard InChI is InChI=1S/C20H15BrN4O5/c21-15-3-1-2-14(8-15)18-23-16(30-24-18)11-29-19(27)13-6-4-12(5-7-13)10-25-17(26)9-22-20(25)28/h1-8H,9-11H2,(H,22,28). The molecular formula is C20H15BrN4O5. The number of hydrogen-bond acceptors (Lipinski definition) is 7. The number of aromatic nitrogens is 2. The van der Waals surface area contributed by atoms with Crippen molar-refractivity contribution in [1.82, 2.24) is 20.4 Å². The molecule has 30 heavy (non-hydrogen) atoms. The van der Waals surface area contributed by atoms with Crippen LogP contribution in [0.25, 0.3) is 11.4 Å². The van der Waals surface area contributed by atoms with Gasteiger partial charge in [-0.25, -0.2) is 9.59 Å². The Balaban J connectivity index is 1.34. The van der Waals surface area contributed by atoms with Gasteiger partial charge in [0.15, 0.2) is 6.61 Å². The molecule has 2 heterocycles. The Kier molecular flexibility index (Phi) is 5.57. The summed E-state index contributed by atoms with van der Waals surface area (Å²) in [6.07, 6.45) is 0. The van der Waals surface area contributed by atoms with Crippen molar-refractivity contribution in [2.24, 2.45) is 0 Å². The summed E-state index contributed by atoms with van der Waals surface area (Å²) >= 11 is 3.38. The molecule has 0 radical (unpaired) electrons. The lowest BCUT2D eigenvalue weighted by atomic mass is 10.1. The van der Waals surface area contributed by atoms with E-state index in [0.29, 0.717) is 17.0 Å². The fourth-order valence-corrected chi connectivity index (χ4v) is 3.21. The van der Waals surface area contributed by atoms with Gasteiger partial charge >= 0.3 is 12.0 Å². The van der Waals surface area contributed by atoms with Gasteiger partial charge in [0.05, 0.1) is 18.7 Å². The molecule has 4 rings (SSSR count). The van der Waals surface area contributed by atoms with Crippen molar-refractivity contribution >= 4 is 33.8 Å². The highest BCUT2D eigenvalue weighted by atomic mass is 79.9. The molecule has 3 amide bonds. The van der Waals surface area contributed by atoms with E-state index in [-0.39, 0.29) is 31.5 Å². The van der Waals surface area contributed by atoms with Crippen LogP contribution >= 0.6 is 15.9 Å². The summed E-state index contributed by atoms with van der Waals surface area (Å²) in [5.41, 5.74) is 1.81. The summed E-state index contributed by atoms with van der Waals surface area (Å²) in [6.45, 7) is -0.0213. The highest BCUT2D eigenvalue weighted by Crippen LogP contribution is 2.20. The monoisotopic (exact) mass is 470 g/mol. The van der Waals surface area contributed by atoms with E-state index in [1.165, 1.54) is 0 Å². The topological polar surface area (TPSA) is 115 Å². The second-order valence-electron chi connectivity index (χ2n) is 6.43. The van der Waals surface area contributed by atoms with E-state index < -0.39 is 12.0 Å². The molecule has 0 saturated carbocycles. The molecule has 0 bridgehead atoms. The third-order valence-corrected chi connectivity index (χ3v) is 4.84. The second kappa shape index (κ2) is 8.46. The van der Waals surface area contributed by atoms with Gasteiger partial charge in [0.2, 0.25) is 11.7 Å². The molecule has 1 N–H and O–H groups in total. The zero-order valence-electron chi connectivity index (χ0n) is 15.5. The van der Waals surface area contributed by atoms with E-state index in [9.17, 15) is 14.4 Å². The van der Waals surface area contributed by atoms with Gasteiger partial charge in [0.25, 0.3) is 5.89 Å². The number of nitrogens with one attached hydrogen (secondary N) is 1. The number of ether oxygens (including phenoxy) is 1. The molecule has 9 nitrogen and oxygen atoms in total. The first-order valence-electron chi connectivity index (χ1n) is 8.92. The van der Waals surface area contributed by atoms with Crippen molar-refractivity contribution < 1.29 is 23.6 Å². The van der Waals surface area contributed by atoms with Crippen LogP contribution in [0.5, 0.6) is 0 Å². The number of carbonyl (C=O) groups excluding carboxylic acids is 3. The highest BCUT2D eigenvalue weighted by molar-refractivity contribution is 9.10. The number of nitrogens with zero attached hydrogens (tertiary/aromatic N) is 3. The Hall–Kier alpha value is -3.53. The Morgan fingerprint density at radius 1 is 1.20 bits per heavy atom. The van der Waals surface area contributed by atoms with Crippen molar-refractivity contribution in [3.05, 3.63) is 70.0 Å². The maximum Gasteiger partial charge on any atom is 0.338 e. The lowest BCUT2D eigenvalue weighted by molar-refractivity contribution is -0.125. The second-order valence-corrected chi connectivity index (χ2v) is 7.35. The minimum Gasteiger partial charge on any atom is -0.452 e. The molecule has 3 aromatic rings. The Morgan fingerprint density at radius 3 is 2.70 bits per heavy atom. The zero-order chi connectivity index (χ0) is 21.1. The van der Waals surface area contributed by atoms with Crippen LogP contribution in [0.3, 0.4) is 0 Å². The van der Waals surface area contributed by atoms with Crippen LogP contribution in [0.1, 0.15) is 21.8 Å². The van der Waals surface area contributed by atoms with E-state index in [1.807, 2.05) is 24.3 Å². The largest absolute Gasteiger partial charge is 0.452 e. The number of carbonyl (C=O) groups is 3. The fraction of sp³-hybridized carbons (Fsp3) is 0.150. The van der Waals surface area contributed by atoms with Gasteiger partial charge in [0.1, 0.15) is 0 Å². The molecule has 10 heteroatoms. The number of halogens is 1. The number of hydrogen-bond donors (Lipinski definition) is 1. The predicted molar refractivity (Wildman–Crippen MR) is 107 cm³/mol. The van der Waals surface area contributed by atoms with Crippen LogP contribution in [0.15, 0.2) is 57.5 Å². The number of rotatable bonds is 6. The molecule has 0 unspecified atom stereocenters. The van der Waals surface area contributed by atoms with Gasteiger partial charge in [0, 0.05) is 10.0 Å². The Bertz CT molecular complexity index is 1100. The first-order chi connectivity index (χ1) is 14.5. The molecule has 1 aromatic heterocycles. The zero-order valence-corrected chi connectivity index (χ0v) is 17.1. The normalized spacial score (nSPS) is 13.4. The number of amides is 3. The van der Waals surface area contributed by atoms with E-state index in [4.69, 9.17) is 9.26 Å². The molecule has 1 aliphatic heterocycles. The van der Waals surface area contributed by atoms with Crippen LogP contribution in [0, 0.1) is 0 Å². The van der Waals surface area contributed by atoms with Crippen molar-refractivity contribution in [2.75, 3.05) is 6.54 Å². The third-order valence-electron chi connectivity index (χ3n) is 4.35. The molecular weight excluding hydrogens is 456 g/mol. The predicted octanol–water partition coefficient (Wildman–Crippen LogP) is 2.91. The summed E-state index contributed by atoms with van der Waals surface area (Å²) in [7, 11) is 0. The maximum absolute atomic E-state index is 12.3. The van der Waals surface area contributed by atoms with Gasteiger partial charge in [-0.3, -0.25) is 9.69 Å². The van der Waals surface area contributed by atoms with Crippen LogP contribution in [0.4, 0.5) is 4.79 Å². The fourth-order valence-electron chi connectivity index (χ4n) is 2.81. The number of imide groups is 1. The Morgan fingerprint density at radius 2 is 2.00 bits per heavy atom. The van der Waals surface area contributed by atoms with Crippen LogP contribution in [-0.2, 0) is 22.7 Å². The van der Waals surface area contributed by atoms with Gasteiger partial charge < -0.3 is 14.6 Å². The first-order valence-corrected chi connectivity index (χ1v) is 9.72. The molecule has 1 saturated heterocycles. The summed E-state index contributed by atoms with van der Waals surface area (Å²) in [5.74, 6) is -0.273. The SMILES string of the molecule is O=C(OCc1nc(-c2cccc(Br)c2)no1)c1ccc(CN2C(=O)CNC2=O)cc1. The quantitative estimate of drug-likeness (QED) is 0.434. The van der Waals surface area contributed by atoms with Crippen molar-refractivity contribution in [3.8, 4) is 11.4 Å². The number of esters is 1. The van der Waals surface area contributed by atoms with Gasteiger partial charge in [-0.15, -0.1) is 0 Å². The van der Waals surface area contributed by atoms with Crippen LogP contribution in [-0.4, -0.2) is 39.5 Å². The molecule has 2 aromatic carbocycles. The van der Waals surface area contributed by atoms with Crippen LogP contribution in [0.2, 0.25) is 0 Å². The molecule has 1 aliphatic rings. The lowest BCUT2D eigenvalue weighted by Crippen LogP contribution is -2.30. The molecule has 1 fully saturated rings. The Labute approximate surface area is 179 Å². The summed E-state index contributed by atoms with van der Waals surface area (Å²) < 4.78 is 11.2. The number of benzene rings is 2. The number of urea groups is 1. The summed E-state index contributed by atoms with van der Waals surface area (Å²) in [5, 5.41) is 6.35. The minimum atomic E-state index is -0.557.